The van der Waals surface area contributed by atoms with E-state index >= 15 is 0 Å². The first kappa shape index (κ1) is 24.3. The number of aryl methyl sites for hydroxylation is 2. The number of benzene rings is 1. The number of halogens is 2. The Balaban J connectivity index is 1.57. The van der Waals surface area contributed by atoms with Gasteiger partial charge in [0.2, 0.25) is 10.0 Å². The van der Waals surface area contributed by atoms with Crippen LogP contribution in [0.1, 0.15) is 34.5 Å². The van der Waals surface area contributed by atoms with E-state index in [2.05, 4.69) is 15.4 Å². The van der Waals surface area contributed by atoms with Crippen LogP contribution in [0, 0.1) is 12.7 Å². The largest absolute Gasteiger partial charge is 0.351 e. The molecule has 0 spiro atoms. The van der Waals surface area contributed by atoms with E-state index in [1.807, 2.05) is 6.92 Å². The van der Waals surface area contributed by atoms with E-state index in [-0.39, 0.29) is 49.0 Å². The molecule has 0 bridgehead atoms. The van der Waals surface area contributed by atoms with E-state index in [1.165, 1.54) is 39.7 Å². The van der Waals surface area contributed by atoms with Crippen LogP contribution in [-0.2, 0) is 22.5 Å². The Hall–Kier alpha value is -2.82. The van der Waals surface area contributed by atoms with Crippen LogP contribution in [0.25, 0.3) is 0 Å². The molecule has 1 N–H and O–H groups in total. The summed E-state index contributed by atoms with van der Waals surface area (Å²) < 4.78 is 43.7. The Morgan fingerprint density at radius 2 is 2.00 bits per heavy atom. The molecule has 0 aliphatic carbocycles. The topological polar surface area (TPSA) is 97.2 Å². The highest BCUT2D eigenvalue weighted by molar-refractivity contribution is 7.89. The van der Waals surface area contributed by atoms with Gasteiger partial charge in [-0.3, -0.25) is 14.5 Å². The number of nitrogens with zero attached hydrogens (tertiary/aromatic N) is 4. The van der Waals surface area contributed by atoms with Crippen LogP contribution in [0.5, 0.6) is 0 Å². The molecule has 1 amide bonds. The number of aromatic nitrogens is 3. The summed E-state index contributed by atoms with van der Waals surface area (Å²) in [6.07, 6.45) is 4.81. The molecule has 8 nitrogen and oxygen atoms in total. The van der Waals surface area contributed by atoms with Gasteiger partial charge in [-0.1, -0.05) is 17.7 Å². The van der Waals surface area contributed by atoms with Gasteiger partial charge < -0.3 is 5.32 Å². The van der Waals surface area contributed by atoms with E-state index in [0.29, 0.717) is 10.6 Å². The van der Waals surface area contributed by atoms with E-state index < -0.39 is 21.3 Å². The van der Waals surface area contributed by atoms with Crippen molar-refractivity contribution in [2.75, 3.05) is 19.6 Å². The number of nitrogens with one attached hydrogen (secondary N) is 1. The number of sulfonamides is 1. The lowest BCUT2D eigenvalue weighted by molar-refractivity contribution is 0.0931. The molecule has 3 heterocycles. The summed E-state index contributed by atoms with van der Waals surface area (Å²) in [5.41, 5.74) is 0.582. The normalized spacial score (nSPS) is 16.4. The maximum atomic E-state index is 14.8. The molecular weight excluding hydrogens is 481 g/mol. The Kier molecular flexibility index (Phi) is 6.75. The molecule has 4 rings (SSSR count). The van der Waals surface area contributed by atoms with Gasteiger partial charge in [0.15, 0.2) is 0 Å². The summed E-state index contributed by atoms with van der Waals surface area (Å²) in [6.45, 7) is 2.26. The maximum absolute atomic E-state index is 14.8. The first-order valence-electron chi connectivity index (χ1n) is 10.8. The predicted molar refractivity (Wildman–Crippen MR) is 126 cm³/mol. The Labute approximate surface area is 202 Å². The highest BCUT2D eigenvalue weighted by Crippen LogP contribution is 2.37. The van der Waals surface area contributed by atoms with Gasteiger partial charge in [0.25, 0.3) is 5.91 Å². The average molecular weight is 506 g/mol. The van der Waals surface area contributed by atoms with Gasteiger partial charge in [0.05, 0.1) is 22.5 Å². The van der Waals surface area contributed by atoms with Crippen molar-refractivity contribution in [3.8, 4) is 0 Å². The Morgan fingerprint density at radius 3 is 2.62 bits per heavy atom. The Morgan fingerprint density at radius 1 is 1.26 bits per heavy atom. The van der Waals surface area contributed by atoms with Crippen LogP contribution >= 0.6 is 11.6 Å². The average Bonchev–Trinajstić information content (AvgIpc) is 3.25. The lowest BCUT2D eigenvalue weighted by Crippen LogP contribution is -2.51. The second-order valence-corrected chi connectivity index (χ2v) is 10.9. The number of amides is 1. The van der Waals surface area contributed by atoms with Crippen LogP contribution in [0.3, 0.4) is 0 Å². The monoisotopic (exact) mass is 505 g/mol. The molecule has 0 unspecified atom stereocenters. The second-order valence-electron chi connectivity index (χ2n) is 8.53. The number of carbonyl (C=O) groups is 1. The van der Waals surface area contributed by atoms with Gasteiger partial charge in [-0.2, -0.15) is 9.40 Å². The lowest BCUT2D eigenvalue weighted by atomic mass is 9.75. The molecule has 34 heavy (non-hydrogen) atoms. The van der Waals surface area contributed by atoms with Crippen LogP contribution < -0.4 is 5.32 Å². The number of carbonyl (C=O) groups excluding carboxylic acids is 1. The number of hydrogen-bond donors (Lipinski definition) is 1. The van der Waals surface area contributed by atoms with Crippen molar-refractivity contribution in [2.24, 2.45) is 7.05 Å². The van der Waals surface area contributed by atoms with Crippen LogP contribution in [-0.4, -0.2) is 53.0 Å². The summed E-state index contributed by atoms with van der Waals surface area (Å²) in [5, 5.41) is 7.15. The molecule has 1 fully saturated rings. The molecule has 11 heteroatoms. The first-order chi connectivity index (χ1) is 16.1. The SMILES string of the molecule is Cc1ccc(C(=O)NCC2(c3ncccc3F)CCN(S(=O)(=O)c3cnn(C)c3)CC2)c(Cl)c1. The molecule has 0 atom stereocenters. The predicted octanol–water partition coefficient (Wildman–Crippen LogP) is 3.07. The van der Waals surface area contributed by atoms with Crippen LogP contribution in [0.2, 0.25) is 5.02 Å². The third-order valence-corrected chi connectivity index (χ3v) is 8.38. The molecule has 3 aromatic rings. The van der Waals surface area contributed by atoms with Crippen LogP contribution in [0.15, 0.2) is 53.8 Å². The standard InChI is InChI=1S/C23H25ClFN5O3S/c1-16-5-6-18(19(24)12-16)22(31)27-15-23(21-20(25)4-3-9-26-21)7-10-30(11-8-23)34(32,33)17-13-28-29(2)14-17/h3-6,9,12-14H,7-8,10-11,15H2,1-2H3,(H,27,31). The van der Waals surface area contributed by atoms with Gasteiger partial charge in [0, 0.05) is 44.5 Å². The molecule has 0 saturated carbocycles. The van der Waals surface area contributed by atoms with Crippen molar-refractivity contribution in [3.63, 3.8) is 0 Å². The second kappa shape index (κ2) is 9.44. The van der Waals surface area contributed by atoms with Crippen molar-refractivity contribution in [2.45, 2.75) is 30.1 Å². The minimum Gasteiger partial charge on any atom is -0.351 e. The molecule has 2 aromatic heterocycles. The fraction of sp³-hybridized carbons (Fsp3) is 0.348. The van der Waals surface area contributed by atoms with Gasteiger partial charge in [0.1, 0.15) is 10.7 Å². The number of hydrogen-bond acceptors (Lipinski definition) is 5. The van der Waals surface area contributed by atoms with E-state index in [1.54, 1.807) is 25.2 Å². The zero-order valence-corrected chi connectivity index (χ0v) is 20.4. The number of piperidine rings is 1. The van der Waals surface area contributed by atoms with E-state index in [9.17, 15) is 17.6 Å². The van der Waals surface area contributed by atoms with Gasteiger partial charge >= 0.3 is 0 Å². The van der Waals surface area contributed by atoms with Crippen molar-refractivity contribution in [3.05, 3.63) is 76.6 Å². The van der Waals surface area contributed by atoms with Crippen molar-refractivity contribution in [1.82, 2.24) is 24.4 Å². The third-order valence-electron chi connectivity index (χ3n) is 6.22. The molecular formula is C23H25ClFN5O3S. The summed E-state index contributed by atoms with van der Waals surface area (Å²) in [7, 11) is -2.09. The summed E-state index contributed by atoms with van der Waals surface area (Å²) in [5.74, 6) is -0.875. The smallest absolute Gasteiger partial charge is 0.252 e. The fourth-order valence-electron chi connectivity index (χ4n) is 4.26. The molecule has 1 aliphatic heterocycles. The molecule has 1 saturated heterocycles. The lowest BCUT2D eigenvalue weighted by Gasteiger charge is -2.41. The van der Waals surface area contributed by atoms with Crippen LogP contribution in [0.4, 0.5) is 4.39 Å². The summed E-state index contributed by atoms with van der Waals surface area (Å²) >= 11 is 6.24. The van der Waals surface area contributed by atoms with E-state index in [4.69, 9.17) is 11.6 Å². The first-order valence-corrected chi connectivity index (χ1v) is 12.6. The van der Waals surface area contributed by atoms with Crippen molar-refractivity contribution in [1.29, 1.82) is 0 Å². The quantitative estimate of drug-likeness (QED) is 0.555. The minimum absolute atomic E-state index is 0.0880. The number of pyridine rings is 1. The van der Waals surface area contributed by atoms with Gasteiger partial charge in [-0.15, -0.1) is 0 Å². The zero-order valence-electron chi connectivity index (χ0n) is 18.8. The summed E-state index contributed by atoms with van der Waals surface area (Å²) in [4.78, 5) is 17.2. The Bertz CT molecular complexity index is 1320. The van der Waals surface area contributed by atoms with Crippen molar-refractivity contribution >= 4 is 27.5 Å². The fourth-order valence-corrected chi connectivity index (χ4v) is 6.01. The summed E-state index contributed by atoms with van der Waals surface area (Å²) in [6, 6.07) is 7.95. The maximum Gasteiger partial charge on any atom is 0.252 e. The third kappa shape index (κ3) is 4.70. The molecule has 1 aliphatic rings. The van der Waals surface area contributed by atoms with Gasteiger partial charge in [-0.05, 0) is 49.6 Å². The minimum atomic E-state index is -3.74. The highest BCUT2D eigenvalue weighted by atomic mass is 35.5. The molecule has 0 radical (unpaired) electrons. The van der Waals surface area contributed by atoms with Crippen molar-refractivity contribution < 1.29 is 17.6 Å². The molecule has 180 valence electrons. The highest BCUT2D eigenvalue weighted by Gasteiger charge is 2.42. The zero-order chi connectivity index (χ0) is 24.5. The molecule has 1 aromatic carbocycles. The van der Waals surface area contributed by atoms with E-state index in [0.717, 1.165) is 5.56 Å². The number of rotatable bonds is 6. The van der Waals surface area contributed by atoms with Gasteiger partial charge in [-0.25, -0.2) is 12.8 Å².